The van der Waals surface area contributed by atoms with E-state index in [1.54, 1.807) is 18.2 Å². The molecule has 8 nitrogen and oxygen atoms in total. The monoisotopic (exact) mass is 555 g/mol. The van der Waals surface area contributed by atoms with Crippen LogP contribution in [0.5, 0.6) is 0 Å². The summed E-state index contributed by atoms with van der Waals surface area (Å²) >= 11 is 0. The predicted octanol–water partition coefficient (Wildman–Crippen LogP) is 3.79. The van der Waals surface area contributed by atoms with E-state index in [2.05, 4.69) is 10.1 Å². The Morgan fingerprint density at radius 2 is 1.75 bits per heavy atom. The lowest BCUT2D eigenvalue weighted by molar-refractivity contribution is -0.119. The highest BCUT2D eigenvalue weighted by Crippen LogP contribution is 2.39. The third kappa shape index (κ3) is 5.83. The highest BCUT2D eigenvalue weighted by atomic mass is 16.5. The van der Waals surface area contributed by atoms with Crippen LogP contribution in [-0.2, 0) is 20.7 Å². The topological polar surface area (TPSA) is 82.2 Å². The van der Waals surface area contributed by atoms with Gasteiger partial charge in [-0.25, -0.2) is 4.79 Å². The number of methoxy groups -OCH3 is 1. The van der Waals surface area contributed by atoms with Crippen LogP contribution in [0.2, 0.25) is 0 Å². The van der Waals surface area contributed by atoms with E-state index in [0.29, 0.717) is 0 Å². The lowest BCUT2D eigenvalue weighted by Crippen LogP contribution is -2.48. The first-order chi connectivity index (χ1) is 26.1. The fraction of sp³-hybridized carbons (Fsp3) is 0.281. The van der Waals surface area contributed by atoms with Crippen LogP contribution in [0.15, 0.2) is 72.6 Å². The molecule has 5 rings (SSSR count). The summed E-state index contributed by atoms with van der Waals surface area (Å²) in [6.45, 7) is -18.3. The molecule has 1 saturated heterocycles. The van der Waals surface area contributed by atoms with Crippen molar-refractivity contribution in [1.29, 1.82) is 0 Å². The molecule has 0 radical (unpaired) electrons. The normalized spacial score (nSPS) is 28.3. The molecule has 2 aliphatic rings. The molecule has 0 aromatic heterocycles. The van der Waals surface area contributed by atoms with Gasteiger partial charge in [0.2, 0.25) is 5.91 Å². The van der Waals surface area contributed by atoms with Crippen LogP contribution in [0.4, 0.5) is 11.4 Å². The number of anilines is 2. The number of amides is 2. The van der Waals surface area contributed by atoms with Crippen LogP contribution in [-0.4, -0.2) is 81.3 Å². The lowest BCUT2D eigenvalue weighted by atomic mass is 9.90. The molecule has 2 aliphatic heterocycles. The summed E-state index contributed by atoms with van der Waals surface area (Å²) < 4.78 is 150. The van der Waals surface area contributed by atoms with Crippen molar-refractivity contribution in [2.24, 2.45) is 0 Å². The molecule has 1 N–H and O–H groups in total. The molecule has 0 bridgehead atoms. The fourth-order valence-electron chi connectivity index (χ4n) is 3.84. The molecule has 0 spiro atoms. The number of piperazine rings is 1. The molecule has 3 aromatic rings. The molecular formula is C32H34N4O4. The number of carbonyl (C=O) groups excluding carboxylic acids is 3. The number of benzene rings is 3. The van der Waals surface area contributed by atoms with Gasteiger partial charge < -0.3 is 19.9 Å². The molecule has 2 amide bonds. The molecule has 0 atom stereocenters. The minimum atomic E-state index is -3.94. The first kappa shape index (κ1) is 13.4. The van der Waals surface area contributed by atoms with Gasteiger partial charge in [-0.15, -0.1) is 0 Å². The van der Waals surface area contributed by atoms with Crippen LogP contribution in [0.25, 0.3) is 11.1 Å². The Bertz CT molecular complexity index is 2210. The number of rotatable bonds is 7. The first-order valence-electron chi connectivity index (χ1n) is 20.3. The van der Waals surface area contributed by atoms with Crippen LogP contribution in [0, 0.1) is 0 Å². The van der Waals surface area contributed by atoms with E-state index >= 15 is 0 Å². The van der Waals surface area contributed by atoms with Crippen molar-refractivity contribution in [2.45, 2.75) is 6.42 Å². The van der Waals surface area contributed by atoms with Gasteiger partial charge in [-0.1, -0.05) is 48.5 Å². The summed E-state index contributed by atoms with van der Waals surface area (Å²) in [5, 5.41) is 2.44. The number of carbonyl (C=O) groups is 3. The van der Waals surface area contributed by atoms with E-state index in [1.165, 1.54) is 12.1 Å². The molecule has 40 heavy (non-hydrogen) atoms. The number of nitrogens with zero attached hydrogens (tertiary/aromatic N) is 3. The van der Waals surface area contributed by atoms with E-state index in [9.17, 15) is 14.4 Å². The van der Waals surface area contributed by atoms with Gasteiger partial charge in [0.25, 0.3) is 5.91 Å². The number of allylic oxidation sites excluding steroid dienone is 1. The molecule has 0 aliphatic carbocycles. The third-order valence-corrected chi connectivity index (χ3v) is 5.87. The standard InChI is InChI=1S/C32H34N4O4/c1-34-15-17-36(18-16-34)21-29(37)35(2)25-12-9-22(10-13-25)19-27(23-7-5-4-6-8-23)30-26-14-11-24(32(39)40-3)20-28(26)33-31(30)38/h4-14,20H,15-19,21H2,1-3H3,(H,33,38)/b30-27+/i9D,10D,11D,12D,13D,14D,15D2,16D2,17D2,18D2,20D,21D2. The van der Waals surface area contributed by atoms with Crippen LogP contribution < -0.4 is 10.2 Å². The number of esters is 1. The highest BCUT2D eigenvalue weighted by molar-refractivity contribution is 6.37. The number of nitrogens with one attached hydrogen (secondary N) is 1. The van der Waals surface area contributed by atoms with Crippen molar-refractivity contribution in [3.05, 3.63) is 94.9 Å². The Kier molecular flexibility index (Phi) is 3.97. The maximum Gasteiger partial charge on any atom is 0.337 e. The quantitative estimate of drug-likeness (QED) is 0.353. The zero-order chi connectivity index (χ0) is 43.3. The van der Waals surface area contributed by atoms with Crippen LogP contribution in [0.3, 0.4) is 0 Å². The van der Waals surface area contributed by atoms with Crippen molar-refractivity contribution >= 4 is 40.3 Å². The van der Waals surface area contributed by atoms with Gasteiger partial charge in [-0.3, -0.25) is 14.5 Å². The maximum atomic E-state index is 13.9. The summed E-state index contributed by atoms with van der Waals surface area (Å²) in [5.74, 6) is -3.89. The first-order valence-corrected chi connectivity index (χ1v) is 11.8. The van der Waals surface area contributed by atoms with Gasteiger partial charge >= 0.3 is 5.97 Å². The SMILES string of the molecule is [2H]c1c([2H])c(N(C)C(=O)C([2H])([2H])N2C([2H])([2H])C([2H])([2H])N(C)C([2H])([2H])C2([2H])[2H])c([2H])c([2H])c1C/C(=C1\C(=O)Nc2c([2H])c(C(=O)OC)c([2H])c([2H])c21)c1ccccc1. The van der Waals surface area contributed by atoms with Crippen molar-refractivity contribution in [3.63, 3.8) is 0 Å². The maximum absolute atomic E-state index is 13.9. The van der Waals surface area contributed by atoms with Gasteiger partial charge in [0.1, 0.15) is 0 Å². The van der Waals surface area contributed by atoms with Gasteiger partial charge in [-0.05, 0) is 54.3 Å². The number of hydrogen-bond acceptors (Lipinski definition) is 6. The zero-order valence-electron chi connectivity index (χ0n) is 38.6. The van der Waals surface area contributed by atoms with E-state index < -0.39 is 115 Å². The Balaban J connectivity index is 1.68. The molecular weight excluding hydrogens is 504 g/mol. The third-order valence-electron chi connectivity index (χ3n) is 5.87. The summed E-state index contributed by atoms with van der Waals surface area (Å²) in [6, 6.07) is 2.34. The second kappa shape index (κ2) is 11.9. The van der Waals surface area contributed by atoms with E-state index in [1.807, 2.05) is 0 Å². The van der Waals surface area contributed by atoms with Crippen molar-refractivity contribution < 1.29 is 42.4 Å². The smallest absolute Gasteiger partial charge is 0.337 e. The minimum Gasteiger partial charge on any atom is -0.465 e. The average molecular weight is 556 g/mol. The number of likely N-dealkylation sites (N-methyl/N-ethyl adjacent to an activating group) is 2. The summed E-state index contributed by atoms with van der Waals surface area (Å²) in [6.07, 6.45) is -0.578. The van der Waals surface area contributed by atoms with Gasteiger partial charge in [0.15, 0.2) is 0 Å². The van der Waals surface area contributed by atoms with E-state index in [4.69, 9.17) is 23.3 Å². The van der Waals surface area contributed by atoms with Crippen molar-refractivity contribution in [2.75, 3.05) is 63.9 Å². The molecule has 0 saturated carbocycles. The number of hydrogen-bond donors (Lipinski definition) is 1. The minimum absolute atomic E-state index is 0.00218. The lowest BCUT2D eigenvalue weighted by Gasteiger charge is -2.32. The average Bonchev–Trinajstić information content (AvgIpc) is 3.48. The largest absolute Gasteiger partial charge is 0.465 e. The van der Waals surface area contributed by atoms with E-state index in [-0.39, 0.29) is 43.3 Å². The van der Waals surface area contributed by atoms with Crippen LogP contribution >= 0.6 is 0 Å². The number of fused-ring (bicyclic) bond motifs is 1. The predicted molar refractivity (Wildman–Crippen MR) is 157 cm³/mol. The molecule has 0 unspecified atom stereocenters. The fourth-order valence-corrected chi connectivity index (χ4v) is 3.84. The van der Waals surface area contributed by atoms with Gasteiger partial charge in [0.05, 0.1) is 37.1 Å². The Hall–Kier alpha value is -4.27. The summed E-state index contributed by atoms with van der Waals surface area (Å²) in [7, 11) is 2.55. The molecule has 1 fully saturated rings. The molecule has 8 heteroatoms. The van der Waals surface area contributed by atoms with Crippen molar-refractivity contribution in [3.8, 4) is 0 Å². The second-order valence-electron chi connectivity index (χ2n) is 8.49. The highest BCUT2D eigenvalue weighted by Gasteiger charge is 2.29. The van der Waals surface area contributed by atoms with Crippen LogP contribution in [0.1, 0.15) is 50.4 Å². The number of ether oxygens (including phenoxy) is 1. The van der Waals surface area contributed by atoms with Crippen molar-refractivity contribution in [1.82, 2.24) is 9.80 Å². The van der Waals surface area contributed by atoms with Gasteiger partial charge in [-0.2, -0.15) is 0 Å². The Morgan fingerprint density at radius 1 is 1.05 bits per heavy atom. The molecule has 3 aromatic carbocycles. The summed E-state index contributed by atoms with van der Waals surface area (Å²) in [4.78, 5) is 39.8. The molecule has 2 heterocycles. The second-order valence-corrected chi connectivity index (χ2v) is 8.49. The Morgan fingerprint density at radius 3 is 2.42 bits per heavy atom. The molecule has 206 valence electrons. The van der Waals surface area contributed by atoms with E-state index in [0.717, 1.165) is 21.2 Å². The zero-order valence-corrected chi connectivity index (χ0v) is 21.6. The Labute approximate surface area is 258 Å². The van der Waals surface area contributed by atoms with Gasteiger partial charge in [0, 0.05) is 60.9 Å². The summed E-state index contributed by atoms with van der Waals surface area (Å²) in [5.41, 5.74) is -2.38.